The van der Waals surface area contributed by atoms with Gasteiger partial charge in [0.05, 0.1) is 0 Å². The van der Waals surface area contributed by atoms with E-state index >= 15 is 0 Å². The van der Waals surface area contributed by atoms with E-state index in [4.69, 9.17) is 0 Å². The van der Waals surface area contributed by atoms with E-state index in [-0.39, 0.29) is 5.78 Å². The lowest BCUT2D eigenvalue weighted by atomic mass is 10.0. The number of carbonyl (C=O) groups is 1. The molecule has 19 heavy (non-hydrogen) atoms. The van der Waals surface area contributed by atoms with Crippen molar-refractivity contribution in [2.45, 2.75) is 65.2 Å². The Balaban J connectivity index is 2.26. The Labute approximate surface area is 125 Å². The quantitative estimate of drug-likeness (QED) is 0.397. The zero-order valence-electron chi connectivity index (χ0n) is 12.2. The number of benzene rings is 1. The van der Waals surface area contributed by atoms with Gasteiger partial charge in [0, 0.05) is 16.5 Å². The van der Waals surface area contributed by atoms with E-state index < -0.39 is 0 Å². The number of rotatable bonds is 9. The zero-order chi connectivity index (χ0) is 14.1. The number of unbranched alkanes of at least 4 members (excludes halogenated alkanes) is 6. The minimum Gasteiger partial charge on any atom is -0.294 e. The molecule has 0 fully saturated rings. The molecule has 0 heterocycles. The maximum atomic E-state index is 12.1. The maximum Gasteiger partial charge on any atom is 0.164 e. The van der Waals surface area contributed by atoms with Crippen LogP contribution in [0, 0.1) is 6.92 Å². The Morgan fingerprint density at radius 3 is 2.37 bits per heavy atom. The third-order valence-electron chi connectivity index (χ3n) is 3.50. The first-order valence-corrected chi connectivity index (χ1v) is 8.24. The highest BCUT2D eigenvalue weighted by atomic mass is 79.9. The van der Waals surface area contributed by atoms with E-state index in [2.05, 4.69) is 22.9 Å². The highest BCUT2D eigenvalue weighted by Gasteiger charge is 2.10. The first-order chi connectivity index (χ1) is 9.16. The summed E-state index contributed by atoms with van der Waals surface area (Å²) in [4.78, 5) is 12.1. The van der Waals surface area contributed by atoms with Crippen LogP contribution in [0.3, 0.4) is 0 Å². The maximum absolute atomic E-state index is 12.1. The van der Waals surface area contributed by atoms with E-state index in [0.29, 0.717) is 6.42 Å². The van der Waals surface area contributed by atoms with Crippen LogP contribution in [0.25, 0.3) is 0 Å². The fraction of sp³-hybridized carbons (Fsp3) is 0.588. The van der Waals surface area contributed by atoms with Crippen molar-refractivity contribution in [2.75, 3.05) is 0 Å². The van der Waals surface area contributed by atoms with Gasteiger partial charge in [0.25, 0.3) is 0 Å². The molecule has 0 aliphatic rings. The first kappa shape index (κ1) is 16.4. The summed E-state index contributed by atoms with van der Waals surface area (Å²) >= 11 is 3.51. The fourth-order valence-corrected chi connectivity index (χ4v) is 2.73. The highest BCUT2D eigenvalue weighted by Crippen LogP contribution is 2.23. The van der Waals surface area contributed by atoms with Gasteiger partial charge in [0.15, 0.2) is 5.78 Å². The Morgan fingerprint density at radius 2 is 1.68 bits per heavy atom. The minimum absolute atomic E-state index is 0.268. The third kappa shape index (κ3) is 5.90. The van der Waals surface area contributed by atoms with Crippen molar-refractivity contribution in [2.24, 2.45) is 0 Å². The SMILES string of the molecule is CCCCCCCCCC(=O)c1cccc(C)c1Br. The molecule has 0 saturated heterocycles. The van der Waals surface area contributed by atoms with Gasteiger partial charge in [0.2, 0.25) is 0 Å². The van der Waals surface area contributed by atoms with E-state index in [1.165, 1.54) is 38.5 Å². The van der Waals surface area contributed by atoms with Gasteiger partial charge in [-0.05, 0) is 34.8 Å². The lowest BCUT2D eigenvalue weighted by Crippen LogP contribution is -2.01. The molecule has 0 atom stereocenters. The standard InChI is InChI=1S/C17H25BrO/c1-3-4-5-6-7-8-9-13-16(19)15-12-10-11-14(2)17(15)18/h10-12H,3-9,13H2,1-2H3. The molecule has 0 unspecified atom stereocenters. The third-order valence-corrected chi connectivity index (χ3v) is 4.55. The van der Waals surface area contributed by atoms with Gasteiger partial charge >= 0.3 is 0 Å². The lowest BCUT2D eigenvalue weighted by molar-refractivity contribution is 0.0978. The summed E-state index contributed by atoms with van der Waals surface area (Å²) in [5.74, 6) is 0.268. The second-order valence-electron chi connectivity index (χ2n) is 5.23. The molecule has 0 aromatic heterocycles. The molecule has 1 rings (SSSR count). The summed E-state index contributed by atoms with van der Waals surface area (Å²) in [6.45, 7) is 4.26. The summed E-state index contributed by atoms with van der Waals surface area (Å²) in [6, 6.07) is 5.90. The van der Waals surface area contributed by atoms with Crippen molar-refractivity contribution in [1.82, 2.24) is 0 Å². The first-order valence-electron chi connectivity index (χ1n) is 7.45. The van der Waals surface area contributed by atoms with Crippen LogP contribution in [-0.2, 0) is 0 Å². The fourth-order valence-electron chi connectivity index (χ4n) is 2.24. The molecule has 0 radical (unpaired) electrons. The van der Waals surface area contributed by atoms with Crippen molar-refractivity contribution in [3.8, 4) is 0 Å². The van der Waals surface area contributed by atoms with Crippen LogP contribution in [0.15, 0.2) is 22.7 Å². The van der Waals surface area contributed by atoms with Crippen LogP contribution in [0.2, 0.25) is 0 Å². The molecule has 1 aromatic rings. The number of aryl methyl sites for hydroxylation is 1. The molecule has 0 bridgehead atoms. The zero-order valence-corrected chi connectivity index (χ0v) is 13.8. The number of halogens is 1. The van der Waals surface area contributed by atoms with Crippen molar-refractivity contribution in [3.63, 3.8) is 0 Å². The number of hydrogen-bond acceptors (Lipinski definition) is 1. The van der Waals surface area contributed by atoms with Gasteiger partial charge in [-0.3, -0.25) is 4.79 Å². The second kappa shape index (κ2) is 9.30. The summed E-state index contributed by atoms with van der Waals surface area (Å²) < 4.78 is 0.961. The van der Waals surface area contributed by atoms with Crippen molar-refractivity contribution < 1.29 is 4.79 Å². The van der Waals surface area contributed by atoms with Gasteiger partial charge in [0.1, 0.15) is 0 Å². The van der Waals surface area contributed by atoms with Crippen LogP contribution < -0.4 is 0 Å². The molecule has 106 valence electrons. The van der Waals surface area contributed by atoms with Gasteiger partial charge in [-0.2, -0.15) is 0 Å². The number of hydrogen-bond donors (Lipinski definition) is 0. The molecule has 0 saturated carbocycles. The summed E-state index contributed by atoms with van der Waals surface area (Å²) in [5, 5.41) is 0. The predicted octanol–water partition coefficient (Wildman–Crippen LogP) is 6.08. The number of ketones is 1. The summed E-state index contributed by atoms with van der Waals surface area (Å²) in [6.07, 6.45) is 9.43. The van der Waals surface area contributed by atoms with Crippen molar-refractivity contribution in [1.29, 1.82) is 0 Å². The van der Waals surface area contributed by atoms with E-state index in [9.17, 15) is 4.79 Å². The number of Topliss-reactive ketones (excluding diaryl/α,β-unsaturated/α-hetero) is 1. The average molecular weight is 325 g/mol. The Kier molecular flexibility index (Phi) is 8.04. The largest absolute Gasteiger partial charge is 0.294 e. The van der Waals surface area contributed by atoms with Crippen LogP contribution >= 0.6 is 15.9 Å². The van der Waals surface area contributed by atoms with Gasteiger partial charge in [-0.15, -0.1) is 0 Å². The van der Waals surface area contributed by atoms with E-state index in [0.717, 1.165) is 22.0 Å². The average Bonchev–Trinajstić information content (AvgIpc) is 2.40. The van der Waals surface area contributed by atoms with Crippen LogP contribution in [-0.4, -0.2) is 5.78 Å². The Bertz CT molecular complexity index is 398. The van der Waals surface area contributed by atoms with Gasteiger partial charge < -0.3 is 0 Å². The number of carbonyl (C=O) groups excluding carboxylic acids is 1. The van der Waals surface area contributed by atoms with Crippen LogP contribution in [0.4, 0.5) is 0 Å². The summed E-state index contributed by atoms with van der Waals surface area (Å²) in [5.41, 5.74) is 1.97. The molecule has 0 aliphatic carbocycles. The Hall–Kier alpha value is -0.630. The molecule has 1 aromatic carbocycles. The minimum atomic E-state index is 0.268. The van der Waals surface area contributed by atoms with Crippen LogP contribution in [0.5, 0.6) is 0 Å². The van der Waals surface area contributed by atoms with E-state index in [1.807, 2.05) is 25.1 Å². The second-order valence-corrected chi connectivity index (χ2v) is 6.02. The molecule has 0 aliphatic heterocycles. The lowest BCUT2D eigenvalue weighted by Gasteiger charge is -2.06. The van der Waals surface area contributed by atoms with E-state index in [1.54, 1.807) is 0 Å². The molecular weight excluding hydrogens is 300 g/mol. The van der Waals surface area contributed by atoms with Crippen molar-refractivity contribution in [3.05, 3.63) is 33.8 Å². The Morgan fingerprint density at radius 1 is 1.05 bits per heavy atom. The molecule has 0 amide bonds. The molecule has 0 spiro atoms. The monoisotopic (exact) mass is 324 g/mol. The molecule has 0 N–H and O–H groups in total. The predicted molar refractivity (Wildman–Crippen MR) is 85.8 cm³/mol. The van der Waals surface area contributed by atoms with Gasteiger partial charge in [-0.25, -0.2) is 0 Å². The smallest absolute Gasteiger partial charge is 0.164 e. The normalized spacial score (nSPS) is 10.7. The van der Waals surface area contributed by atoms with Gasteiger partial charge in [-0.1, -0.05) is 63.6 Å². The molecule has 2 heteroatoms. The van der Waals surface area contributed by atoms with Crippen molar-refractivity contribution >= 4 is 21.7 Å². The molecular formula is C17H25BrO. The topological polar surface area (TPSA) is 17.1 Å². The van der Waals surface area contributed by atoms with Crippen LogP contribution in [0.1, 0.15) is 74.2 Å². The highest BCUT2D eigenvalue weighted by molar-refractivity contribution is 9.10. The summed E-state index contributed by atoms with van der Waals surface area (Å²) in [7, 11) is 0. The molecule has 1 nitrogen and oxygen atoms in total.